The zero-order chi connectivity index (χ0) is 31.9. The van der Waals surface area contributed by atoms with Gasteiger partial charge in [-0.1, -0.05) is 78.4 Å². The summed E-state index contributed by atoms with van der Waals surface area (Å²) in [7, 11) is -4.19. The third-order valence-corrected chi connectivity index (χ3v) is 9.01. The maximum atomic E-state index is 14.4. The highest BCUT2D eigenvalue weighted by Gasteiger charge is 2.35. The summed E-state index contributed by atoms with van der Waals surface area (Å²) in [4.78, 5) is 29.6. The molecule has 0 aliphatic heterocycles. The lowest BCUT2D eigenvalue weighted by Crippen LogP contribution is -2.54. The highest BCUT2D eigenvalue weighted by atomic mass is 32.2. The Balaban J connectivity index is 1.81. The van der Waals surface area contributed by atoms with Crippen molar-refractivity contribution >= 4 is 27.5 Å². The van der Waals surface area contributed by atoms with Gasteiger partial charge in [-0.05, 0) is 74.7 Å². The van der Waals surface area contributed by atoms with Crippen LogP contribution in [0.15, 0.2) is 108 Å². The van der Waals surface area contributed by atoms with E-state index in [4.69, 9.17) is 0 Å². The Kier molecular flexibility index (Phi) is 10.5. The molecule has 0 spiro atoms. The second-order valence-electron chi connectivity index (χ2n) is 11.1. The molecule has 2 amide bonds. The van der Waals surface area contributed by atoms with Crippen LogP contribution < -0.4 is 9.62 Å². The fraction of sp³-hybridized carbons (Fsp3) is 0.257. The highest BCUT2D eigenvalue weighted by molar-refractivity contribution is 7.92. The van der Waals surface area contributed by atoms with Crippen molar-refractivity contribution in [2.24, 2.45) is 0 Å². The van der Waals surface area contributed by atoms with Gasteiger partial charge in [0.2, 0.25) is 11.8 Å². The van der Waals surface area contributed by atoms with Gasteiger partial charge in [0, 0.05) is 19.0 Å². The normalized spacial score (nSPS) is 12.0. The van der Waals surface area contributed by atoms with Crippen molar-refractivity contribution in [2.75, 3.05) is 10.8 Å². The van der Waals surface area contributed by atoms with Crippen LogP contribution in [-0.4, -0.2) is 43.8 Å². The number of hydrogen-bond acceptors (Lipinski definition) is 4. The van der Waals surface area contributed by atoms with E-state index >= 15 is 0 Å². The van der Waals surface area contributed by atoms with Gasteiger partial charge in [0.15, 0.2) is 0 Å². The molecule has 1 N–H and O–H groups in total. The summed E-state index contributed by atoms with van der Waals surface area (Å²) >= 11 is 0. The average Bonchev–Trinajstić information content (AvgIpc) is 2.99. The summed E-state index contributed by atoms with van der Waals surface area (Å²) in [5.74, 6) is -1.38. The number of benzene rings is 4. The molecule has 0 heterocycles. The number of aryl methyl sites for hydroxylation is 2. The Morgan fingerprint density at radius 2 is 1.41 bits per heavy atom. The number of nitrogens with one attached hydrogen (secondary N) is 1. The Hall–Kier alpha value is -4.50. The molecule has 4 aromatic rings. The van der Waals surface area contributed by atoms with Gasteiger partial charge in [-0.15, -0.1) is 0 Å². The lowest BCUT2D eigenvalue weighted by atomic mass is 10.0. The van der Waals surface area contributed by atoms with Crippen molar-refractivity contribution in [2.45, 2.75) is 57.6 Å². The fourth-order valence-electron chi connectivity index (χ4n) is 4.92. The number of nitrogens with zero attached hydrogens (tertiary/aromatic N) is 2. The van der Waals surface area contributed by atoms with E-state index in [9.17, 15) is 22.4 Å². The minimum Gasteiger partial charge on any atom is -0.352 e. The highest BCUT2D eigenvalue weighted by Crippen LogP contribution is 2.28. The third kappa shape index (κ3) is 8.11. The van der Waals surface area contributed by atoms with Crippen LogP contribution in [0.2, 0.25) is 0 Å². The topological polar surface area (TPSA) is 86.8 Å². The molecule has 7 nitrogen and oxygen atoms in total. The minimum absolute atomic E-state index is 0.0334. The van der Waals surface area contributed by atoms with Gasteiger partial charge in [-0.25, -0.2) is 12.8 Å². The molecular weight excluding hydrogens is 577 g/mol. The van der Waals surface area contributed by atoms with Gasteiger partial charge in [0.05, 0.1) is 10.6 Å². The van der Waals surface area contributed by atoms with Crippen molar-refractivity contribution in [1.29, 1.82) is 0 Å². The van der Waals surface area contributed by atoms with Crippen molar-refractivity contribution in [1.82, 2.24) is 10.2 Å². The first-order valence-corrected chi connectivity index (χ1v) is 15.9. The molecule has 0 fully saturated rings. The molecular formula is C35H38FN3O4S. The van der Waals surface area contributed by atoms with Crippen LogP contribution >= 0.6 is 0 Å². The van der Waals surface area contributed by atoms with Crippen LogP contribution in [-0.2, 0) is 32.6 Å². The molecule has 4 rings (SSSR count). The largest absolute Gasteiger partial charge is 0.352 e. The van der Waals surface area contributed by atoms with E-state index in [-0.39, 0.29) is 29.8 Å². The van der Waals surface area contributed by atoms with Crippen molar-refractivity contribution in [3.05, 3.63) is 131 Å². The summed E-state index contributed by atoms with van der Waals surface area (Å²) in [6.45, 7) is 6.72. The van der Waals surface area contributed by atoms with E-state index in [2.05, 4.69) is 5.32 Å². The first kappa shape index (κ1) is 32.4. The van der Waals surface area contributed by atoms with Gasteiger partial charge in [0.1, 0.15) is 18.4 Å². The predicted molar refractivity (Wildman–Crippen MR) is 171 cm³/mol. The summed E-state index contributed by atoms with van der Waals surface area (Å²) in [5.41, 5.74) is 3.34. The smallest absolute Gasteiger partial charge is 0.264 e. The quantitative estimate of drug-likeness (QED) is 0.218. The second-order valence-corrected chi connectivity index (χ2v) is 13.0. The van der Waals surface area contributed by atoms with Gasteiger partial charge in [0.25, 0.3) is 10.0 Å². The number of halogens is 1. The van der Waals surface area contributed by atoms with E-state index in [1.165, 1.54) is 29.2 Å². The second kappa shape index (κ2) is 14.3. The maximum Gasteiger partial charge on any atom is 0.264 e. The molecule has 0 aromatic heterocycles. The summed E-state index contributed by atoms with van der Waals surface area (Å²) in [6.07, 6.45) is 0.196. The van der Waals surface area contributed by atoms with Gasteiger partial charge in [-0.3, -0.25) is 13.9 Å². The lowest BCUT2D eigenvalue weighted by molar-refractivity contribution is -0.140. The van der Waals surface area contributed by atoms with Crippen LogP contribution in [0.3, 0.4) is 0 Å². The molecule has 230 valence electrons. The van der Waals surface area contributed by atoms with Crippen LogP contribution in [0.4, 0.5) is 10.1 Å². The fourth-order valence-corrected chi connectivity index (χ4v) is 6.39. The standard InChI is InChI=1S/C35H38FN3O4S/c1-25(2)37-35(41)33(22-28-11-6-5-7-12-28)38(23-29-16-18-30(36)19-17-29)34(40)24-39(32-13-9-8-10-27(32)4)44(42,43)31-20-14-26(3)15-21-31/h5-21,25,33H,22-24H2,1-4H3,(H,37,41)/t33-/m0/s1. The molecule has 0 radical (unpaired) electrons. The Morgan fingerprint density at radius 1 is 0.795 bits per heavy atom. The molecule has 9 heteroatoms. The third-order valence-electron chi connectivity index (χ3n) is 7.24. The van der Waals surface area contributed by atoms with Gasteiger partial charge < -0.3 is 10.2 Å². The lowest BCUT2D eigenvalue weighted by Gasteiger charge is -2.34. The number of rotatable bonds is 12. The monoisotopic (exact) mass is 615 g/mol. The van der Waals surface area contributed by atoms with E-state index < -0.39 is 34.3 Å². The molecule has 1 atom stereocenters. The molecule has 0 unspecified atom stereocenters. The Bertz CT molecular complexity index is 1680. The SMILES string of the molecule is Cc1ccc(S(=O)(=O)N(CC(=O)N(Cc2ccc(F)cc2)[C@@H](Cc2ccccc2)C(=O)NC(C)C)c2ccccc2C)cc1. The summed E-state index contributed by atoms with van der Waals surface area (Å²) in [6, 6.07) is 27.2. The molecule has 0 saturated heterocycles. The van der Waals surface area contributed by atoms with E-state index in [0.29, 0.717) is 16.8 Å². The average molecular weight is 616 g/mol. The number of para-hydroxylation sites is 1. The van der Waals surface area contributed by atoms with Crippen molar-refractivity contribution in [3.63, 3.8) is 0 Å². The molecule has 0 bridgehead atoms. The van der Waals surface area contributed by atoms with Crippen molar-refractivity contribution in [3.8, 4) is 0 Å². The van der Waals surface area contributed by atoms with Crippen LogP contribution in [0.25, 0.3) is 0 Å². The summed E-state index contributed by atoms with van der Waals surface area (Å²) in [5, 5.41) is 2.92. The van der Waals surface area contributed by atoms with E-state index in [1.807, 2.05) is 51.1 Å². The van der Waals surface area contributed by atoms with Crippen LogP contribution in [0, 0.1) is 19.7 Å². The zero-order valence-electron chi connectivity index (χ0n) is 25.4. The first-order valence-electron chi connectivity index (χ1n) is 14.5. The zero-order valence-corrected chi connectivity index (χ0v) is 26.2. The predicted octanol–water partition coefficient (Wildman–Crippen LogP) is 5.80. The van der Waals surface area contributed by atoms with Crippen molar-refractivity contribution < 1.29 is 22.4 Å². The number of carbonyl (C=O) groups is 2. The maximum absolute atomic E-state index is 14.4. The molecule has 4 aromatic carbocycles. The molecule has 0 saturated carbocycles. The number of hydrogen-bond donors (Lipinski definition) is 1. The molecule has 44 heavy (non-hydrogen) atoms. The number of anilines is 1. The molecule has 0 aliphatic carbocycles. The minimum atomic E-state index is -4.19. The van der Waals surface area contributed by atoms with Crippen LogP contribution in [0.5, 0.6) is 0 Å². The molecule has 0 aliphatic rings. The van der Waals surface area contributed by atoms with Gasteiger partial charge in [-0.2, -0.15) is 0 Å². The number of sulfonamides is 1. The Labute approximate surface area is 259 Å². The van der Waals surface area contributed by atoms with E-state index in [1.54, 1.807) is 55.5 Å². The number of carbonyl (C=O) groups excluding carboxylic acids is 2. The van der Waals surface area contributed by atoms with E-state index in [0.717, 1.165) is 15.4 Å². The van der Waals surface area contributed by atoms with Crippen LogP contribution in [0.1, 0.15) is 36.1 Å². The first-order chi connectivity index (χ1) is 21.0. The Morgan fingerprint density at radius 3 is 2.02 bits per heavy atom. The number of amides is 2. The summed E-state index contributed by atoms with van der Waals surface area (Å²) < 4.78 is 43.2. The van der Waals surface area contributed by atoms with Gasteiger partial charge >= 0.3 is 0 Å².